The van der Waals surface area contributed by atoms with Gasteiger partial charge in [0.25, 0.3) is 5.91 Å². The number of pyridine rings is 1. The number of aromatic nitrogens is 1. The molecule has 132 valence electrons. The van der Waals surface area contributed by atoms with Crippen LogP contribution in [0.25, 0.3) is 0 Å². The third-order valence-electron chi connectivity index (χ3n) is 4.25. The number of rotatable bonds is 5. The lowest BCUT2D eigenvalue weighted by molar-refractivity contribution is 0.102. The molecule has 1 aromatic heterocycles. The summed E-state index contributed by atoms with van der Waals surface area (Å²) >= 11 is 0. The minimum Gasteiger partial charge on any atom is -0.381 e. The Morgan fingerprint density at radius 1 is 0.962 bits per heavy atom. The van der Waals surface area contributed by atoms with Gasteiger partial charge >= 0.3 is 0 Å². The van der Waals surface area contributed by atoms with Crippen LogP contribution in [0.15, 0.2) is 60.8 Å². The molecule has 0 aliphatic heterocycles. The first-order chi connectivity index (χ1) is 12.5. The van der Waals surface area contributed by atoms with Crippen LogP contribution < -0.4 is 10.6 Å². The van der Waals surface area contributed by atoms with Gasteiger partial charge in [-0.05, 0) is 49.6 Å². The van der Waals surface area contributed by atoms with Crippen molar-refractivity contribution < 1.29 is 4.79 Å². The summed E-state index contributed by atoms with van der Waals surface area (Å²) in [6, 6.07) is 17.9. The number of amides is 1. The van der Waals surface area contributed by atoms with E-state index in [-0.39, 0.29) is 5.91 Å². The molecule has 3 rings (SSSR count). The third-order valence-corrected chi connectivity index (χ3v) is 4.25. The number of anilines is 2. The zero-order valence-electron chi connectivity index (χ0n) is 15.3. The predicted octanol–water partition coefficient (Wildman–Crippen LogP) is 4.87. The highest BCUT2D eigenvalue weighted by Gasteiger charge is 2.12. The molecule has 0 atom stereocenters. The molecule has 0 radical (unpaired) electrons. The summed E-state index contributed by atoms with van der Waals surface area (Å²) in [6.07, 6.45) is 1.65. The molecular formula is C22H23N3O. The van der Waals surface area contributed by atoms with Gasteiger partial charge in [0.2, 0.25) is 0 Å². The summed E-state index contributed by atoms with van der Waals surface area (Å²) in [5.74, 6) is -0.205. The van der Waals surface area contributed by atoms with Crippen molar-refractivity contribution in [2.24, 2.45) is 0 Å². The van der Waals surface area contributed by atoms with Crippen LogP contribution in [0.2, 0.25) is 0 Å². The first-order valence-corrected chi connectivity index (χ1v) is 8.66. The van der Waals surface area contributed by atoms with Crippen molar-refractivity contribution in [3.63, 3.8) is 0 Å². The van der Waals surface area contributed by atoms with Crippen molar-refractivity contribution in [2.45, 2.75) is 27.3 Å². The topological polar surface area (TPSA) is 54.0 Å². The molecule has 0 unspecified atom stereocenters. The second kappa shape index (κ2) is 7.83. The highest BCUT2D eigenvalue weighted by Crippen LogP contribution is 2.22. The van der Waals surface area contributed by atoms with Gasteiger partial charge < -0.3 is 10.6 Å². The van der Waals surface area contributed by atoms with Crippen LogP contribution in [0.4, 0.5) is 11.4 Å². The van der Waals surface area contributed by atoms with Gasteiger partial charge in [0, 0.05) is 24.1 Å². The minimum absolute atomic E-state index is 0.205. The van der Waals surface area contributed by atoms with Crippen LogP contribution in [0.3, 0.4) is 0 Å². The lowest BCUT2D eigenvalue weighted by Crippen LogP contribution is -2.15. The molecule has 0 saturated heterocycles. The summed E-state index contributed by atoms with van der Waals surface area (Å²) in [4.78, 5) is 16.8. The lowest BCUT2D eigenvalue weighted by atomic mass is 10.0. The first kappa shape index (κ1) is 17.7. The van der Waals surface area contributed by atoms with Gasteiger partial charge in [-0.15, -0.1) is 0 Å². The van der Waals surface area contributed by atoms with Crippen LogP contribution in [-0.2, 0) is 6.54 Å². The smallest absolute Gasteiger partial charge is 0.274 e. The van der Waals surface area contributed by atoms with Gasteiger partial charge in [-0.3, -0.25) is 9.78 Å². The zero-order valence-corrected chi connectivity index (χ0v) is 15.3. The molecule has 0 aliphatic carbocycles. The van der Waals surface area contributed by atoms with E-state index >= 15 is 0 Å². The summed E-state index contributed by atoms with van der Waals surface area (Å²) in [7, 11) is 0. The molecule has 2 aromatic carbocycles. The molecule has 1 heterocycles. The third kappa shape index (κ3) is 4.28. The van der Waals surface area contributed by atoms with Gasteiger partial charge in [-0.25, -0.2) is 0 Å². The molecular weight excluding hydrogens is 322 g/mol. The lowest BCUT2D eigenvalue weighted by Gasteiger charge is -2.13. The van der Waals surface area contributed by atoms with Gasteiger partial charge in [0.15, 0.2) is 0 Å². The predicted molar refractivity (Wildman–Crippen MR) is 107 cm³/mol. The van der Waals surface area contributed by atoms with Gasteiger partial charge in [0.1, 0.15) is 5.69 Å². The second-order valence-electron chi connectivity index (χ2n) is 6.50. The molecule has 0 bridgehead atoms. The Kier molecular flexibility index (Phi) is 5.32. The summed E-state index contributed by atoms with van der Waals surface area (Å²) in [5.41, 5.74) is 6.58. The minimum atomic E-state index is -0.205. The average molecular weight is 345 g/mol. The molecule has 0 spiro atoms. The fourth-order valence-corrected chi connectivity index (χ4v) is 3.02. The summed E-state index contributed by atoms with van der Waals surface area (Å²) in [5, 5.41) is 6.32. The number of carbonyl (C=O) groups is 1. The quantitative estimate of drug-likeness (QED) is 0.693. The maximum Gasteiger partial charge on any atom is 0.274 e. The molecule has 26 heavy (non-hydrogen) atoms. The van der Waals surface area contributed by atoms with E-state index in [4.69, 9.17) is 0 Å². The summed E-state index contributed by atoms with van der Waals surface area (Å²) in [6.45, 7) is 6.75. The van der Waals surface area contributed by atoms with E-state index in [0.717, 1.165) is 22.5 Å². The number of hydrogen-bond donors (Lipinski definition) is 2. The number of carbonyl (C=O) groups excluding carboxylic acids is 1. The van der Waals surface area contributed by atoms with Crippen molar-refractivity contribution in [3.05, 3.63) is 88.7 Å². The zero-order chi connectivity index (χ0) is 18.5. The fraction of sp³-hybridized carbons (Fsp3) is 0.182. The SMILES string of the molecule is Cc1cc(C)c(NC(=O)c2cc(NCc3ccccc3)ccn2)c(C)c1. The molecule has 3 aromatic rings. The number of hydrogen-bond acceptors (Lipinski definition) is 3. The summed E-state index contributed by atoms with van der Waals surface area (Å²) < 4.78 is 0. The molecule has 0 saturated carbocycles. The number of aryl methyl sites for hydroxylation is 3. The van der Waals surface area contributed by atoms with Crippen molar-refractivity contribution >= 4 is 17.3 Å². The Bertz CT molecular complexity index is 897. The number of nitrogens with one attached hydrogen (secondary N) is 2. The van der Waals surface area contributed by atoms with Crippen molar-refractivity contribution in [3.8, 4) is 0 Å². The number of nitrogens with zero attached hydrogens (tertiary/aromatic N) is 1. The van der Waals surface area contributed by atoms with E-state index in [9.17, 15) is 4.79 Å². The molecule has 4 heteroatoms. The van der Waals surface area contributed by atoms with Crippen LogP contribution in [0.5, 0.6) is 0 Å². The van der Waals surface area contributed by atoms with E-state index < -0.39 is 0 Å². The van der Waals surface area contributed by atoms with Crippen molar-refractivity contribution in [2.75, 3.05) is 10.6 Å². The molecule has 1 amide bonds. The highest BCUT2D eigenvalue weighted by atomic mass is 16.1. The maximum atomic E-state index is 12.6. The normalized spacial score (nSPS) is 10.4. The Hall–Kier alpha value is -3.14. The van der Waals surface area contributed by atoms with E-state index in [2.05, 4.69) is 46.8 Å². The van der Waals surface area contributed by atoms with E-state index in [1.165, 1.54) is 11.1 Å². The van der Waals surface area contributed by atoms with Crippen LogP contribution in [-0.4, -0.2) is 10.9 Å². The Morgan fingerprint density at radius 2 is 1.65 bits per heavy atom. The van der Waals surface area contributed by atoms with Gasteiger partial charge in [-0.2, -0.15) is 0 Å². The maximum absolute atomic E-state index is 12.6. The number of benzene rings is 2. The largest absolute Gasteiger partial charge is 0.381 e. The average Bonchev–Trinajstić information content (AvgIpc) is 2.64. The Balaban J connectivity index is 1.72. The first-order valence-electron chi connectivity index (χ1n) is 8.66. The highest BCUT2D eigenvalue weighted by molar-refractivity contribution is 6.04. The Labute approximate surface area is 154 Å². The molecule has 2 N–H and O–H groups in total. The van der Waals surface area contributed by atoms with E-state index in [1.807, 2.05) is 38.1 Å². The van der Waals surface area contributed by atoms with Gasteiger partial charge in [0.05, 0.1) is 0 Å². The molecule has 0 fully saturated rings. The Morgan fingerprint density at radius 3 is 2.35 bits per heavy atom. The van der Waals surface area contributed by atoms with Crippen molar-refractivity contribution in [1.29, 1.82) is 0 Å². The van der Waals surface area contributed by atoms with Crippen LogP contribution >= 0.6 is 0 Å². The van der Waals surface area contributed by atoms with E-state index in [1.54, 1.807) is 12.3 Å². The van der Waals surface area contributed by atoms with Crippen molar-refractivity contribution in [1.82, 2.24) is 4.98 Å². The van der Waals surface area contributed by atoms with Crippen LogP contribution in [0.1, 0.15) is 32.7 Å². The van der Waals surface area contributed by atoms with Crippen LogP contribution in [0, 0.1) is 20.8 Å². The fourth-order valence-electron chi connectivity index (χ4n) is 3.02. The van der Waals surface area contributed by atoms with Gasteiger partial charge in [-0.1, -0.05) is 48.0 Å². The monoisotopic (exact) mass is 345 g/mol. The molecule has 0 aliphatic rings. The molecule has 4 nitrogen and oxygen atoms in total. The standard InChI is InChI=1S/C22H23N3O/c1-15-11-16(2)21(17(3)12-15)25-22(26)20-13-19(9-10-23-20)24-14-18-7-5-4-6-8-18/h4-13H,14H2,1-3H3,(H,23,24)(H,25,26). The second-order valence-corrected chi connectivity index (χ2v) is 6.50. The van der Waals surface area contributed by atoms with E-state index in [0.29, 0.717) is 12.2 Å².